The molecule has 3 rings (SSSR count). The molecule has 2 heterocycles. The van der Waals surface area contributed by atoms with Crippen molar-refractivity contribution >= 4 is 70.9 Å². The number of rotatable bonds is 12. The van der Waals surface area contributed by atoms with E-state index in [-0.39, 0.29) is 57.5 Å². The number of nitrogens with zero attached hydrogens (tertiary/aromatic N) is 2. The quantitative estimate of drug-likeness (QED) is 0.133. The third-order valence-corrected chi connectivity index (χ3v) is 10.1. The van der Waals surface area contributed by atoms with Crippen LogP contribution in [-0.2, 0) is 38.1 Å². The zero-order valence-electron chi connectivity index (χ0n) is 22.9. The molecule has 0 unspecified atom stereocenters. The van der Waals surface area contributed by atoms with Gasteiger partial charge in [0.2, 0.25) is 0 Å². The lowest BCUT2D eigenvalue weighted by Crippen LogP contribution is -2.16. The number of fused-ring (bicyclic) bond motifs is 2. The largest absolute Gasteiger partial charge is 0.479 e. The van der Waals surface area contributed by atoms with E-state index < -0.39 is 37.1 Å². The van der Waals surface area contributed by atoms with Crippen LogP contribution < -0.4 is 9.47 Å². The lowest BCUT2D eigenvalue weighted by Gasteiger charge is -2.17. The first-order valence-electron chi connectivity index (χ1n) is 12.4. The van der Waals surface area contributed by atoms with Gasteiger partial charge in [-0.2, -0.15) is 10.5 Å². The van der Waals surface area contributed by atoms with Crippen LogP contribution in [0.25, 0.3) is 0 Å². The molecule has 0 saturated carbocycles. The molecular formula is C26H24N2O10S4. The summed E-state index contributed by atoms with van der Waals surface area (Å²) in [4.78, 5) is 51.0. The highest BCUT2D eigenvalue weighted by atomic mass is 32.2. The van der Waals surface area contributed by atoms with E-state index in [1.54, 1.807) is 27.7 Å². The standard InChI is InChI=1S/C26H24N2O10S4/c1-5-33-15(29)11-37-17-19-21(41-25(39-19)13(9-27)23(31)35-7-3)18(38-12-16(30)34-6-2)22-20(17)40-26(42-22)14(10-28)24(32)36-8-4/h5-8,11-12H2,1-4H3. The molecule has 0 radical (unpaired) electrons. The lowest BCUT2D eigenvalue weighted by molar-refractivity contribution is -0.146. The maximum Gasteiger partial charge on any atom is 0.350 e. The summed E-state index contributed by atoms with van der Waals surface area (Å²) >= 11 is 4.08. The van der Waals surface area contributed by atoms with Crippen molar-refractivity contribution in [3.63, 3.8) is 0 Å². The van der Waals surface area contributed by atoms with Crippen LogP contribution in [0.2, 0.25) is 0 Å². The molecule has 0 amide bonds. The van der Waals surface area contributed by atoms with Crippen molar-refractivity contribution in [1.82, 2.24) is 0 Å². The number of nitriles is 2. The first-order chi connectivity index (χ1) is 20.2. The van der Waals surface area contributed by atoms with E-state index >= 15 is 0 Å². The van der Waals surface area contributed by atoms with Crippen LogP contribution in [0, 0.1) is 22.7 Å². The van der Waals surface area contributed by atoms with Gasteiger partial charge in [0, 0.05) is 0 Å². The number of hydrogen-bond acceptors (Lipinski definition) is 16. The van der Waals surface area contributed by atoms with E-state index in [0.717, 1.165) is 47.0 Å². The molecule has 1 aromatic carbocycles. The van der Waals surface area contributed by atoms with E-state index in [1.807, 2.05) is 12.1 Å². The molecule has 0 aliphatic carbocycles. The van der Waals surface area contributed by atoms with Gasteiger partial charge in [-0.05, 0) is 27.7 Å². The van der Waals surface area contributed by atoms with Gasteiger partial charge in [0.1, 0.15) is 12.1 Å². The highest BCUT2D eigenvalue weighted by Gasteiger charge is 2.40. The Morgan fingerprint density at radius 1 is 0.571 bits per heavy atom. The highest BCUT2D eigenvalue weighted by molar-refractivity contribution is 8.26. The minimum atomic E-state index is -0.819. The number of hydrogen-bond donors (Lipinski definition) is 0. The van der Waals surface area contributed by atoms with Gasteiger partial charge in [-0.3, -0.25) is 0 Å². The van der Waals surface area contributed by atoms with Crippen molar-refractivity contribution in [1.29, 1.82) is 10.5 Å². The van der Waals surface area contributed by atoms with Crippen LogP contribution in [0.15, 0.2) is 39.2 Å². The average Bonchev–Trinajstić information content (AvgIpc) is 3.57. The highest BCUT2D eigenvalue weighted by Crippen LogP contribution is 2.68. The molecule has 2 aliphatic heterocycles. The number of carbonyl (C=O) groups is 4. The van der Waals surface area contributed by atoms with Crippen molar-refractivity contribution in [2.24, 2.45) is 0 Å². The van der Waals surface area contributed by atoms with Gasteiger partial charge in [-0.15, -0.1) is 0 Å². The molecule has 0 spiro atoms. The Hall–Kier alpha value is -3.44. The summed E-state index contributed by atoms with van der Waals surface area (Å²) in [7, 11) is 0. The predicted molar refractivity (Wildman–Crippen MR) is 153 cm³/mol. The molecule has 0 atom stereocenters. The van der Waals surface area contributed by atoms with Crippen LogP contribution in [0.4, 0.5) is 0 Å². The Morgan fingerprint density at radius 2 is 0.881 bits per heavy atom. The molecule has 2 aliphatic rings. The van der Waals surface area contributed by atoms with Crippen molar-refractivity contribution in [3.8, 4) is 23.6 Å². The average molecular weight is 653 g/mol. The van der Waals surface area contributed by atoms with Crippen molar-refractivity contribution < 1.29 is 47.6 Å². The maximum atomic E-state index is 12.5. The van der Waals surface area contributed by atoms with Gasteiger partial charge in [0.05, 0.1) is 54.5 Å². The van der Waals surface area contributed by atoms with Gasteiger partial charge in [-0.1, -0.05) is 47.0 Å². The first-order valence-corrected chi connectivity index (χ1v) is 15.7. The van der Waals surface area contributed by atoms with Gasteiger partial charge in [-0.25, -0.2) is 19.2 Å². The molecule has 222 valence electrons. The normalized spacial score (nSPS) is 12.7. The van der Waals surface area contributed by atoms with Crippen molar-refractivity contribution in [2.75, 3.05) is 39.6 Å². The van der Waals surface area contributed by atoms with E-state index in [4.69, 9.17) is 28.4 Å². The fourth-order valence-electron chi connectivity index (χ4n) is 3.29. The number of carbonyl (C=O) groups excluding carboxylic acids is 4. The summed E-state index contributed by atoms with van der Waals surface area (Å²) in [6.45, 7) is 5.93. The molecule has 0 saturated heterocycles. The van der Waals surface area contributed by atoms with Crippen LogP contribution in [0.3, 0.4) is 0 Å². The Bertz CT molecular complexity index is 1290. The topological polar surface area (TPSA) is 171 Å². The van der Waals surface area contributed by atoms with Crippen molar-refractivity contribution in [3.05, 3.63) is 19.6 Å². The third kappa shape index (κ3) is 7.49. The fraction of sp³-hybridized carbons (Fsp3) is 0.385. The molecule has 0 fully saturated rings. The summed E-state index contributed by atoms with van der Waals surface area (Å²) in [5, 5.41) is 19.5. The third-order valence-electron chi connectivity index (χ3n) is 4.89. The van der Waals surface area contributed by atoms with E-state index in [2.05, 4.69) is 0 Å². The smallest absolute Gasteiger partial charge is 0.350 e. The number of thioether (sulfide) groups is 4. The summed E-state index contributed by atoms with van der Waals surface area (Å²) in [6.07, 6.45) is 0. The molecular weight excluding hydrogens is 629 g/mol. The minimum absolute atomic E-state index is 0.0553. The molecule has 12 nitrogen and oxygen atoms in total. The predicted octanol–water partition coefficient (Wildman–Crippen LogP) is 4.56. The molecule has 1 aromatic rings. The van der Waals surface area contributed by atoms with Gasteiger partial charge in [0.15, 0.2) is 35.9 Å². The summed E-state index contributed by atoms with van der Waals surface area (Å²) in [5.41, 5.74) is -0.489. The van der Waals surface area contributed by atoms with Crippen LogP contribution >= 0.6 is 47.0 Å². The number of benzene rings is 1. The van der Waals surface area contributed by atoms with Crippen LogP contribution in [0.1, 0.15) is 27.7 Å². The Kier molecular flexibility index (Phi) is 12.4. The molecule has 42 heavy (non-hydrogen) atoms. The van der Waals surface area contributed by atoms with E-state index in [9.17, 15) is 29.7 Å². The number of ether oxygens (including phenoxy) is 6. The Balaban J connectivity index is 2.23. The fourth-order valence-corrected chi connectivity index (χ4v) is 8.68. The zero-order chi connectivity index (χ0) is 30.8. The second-order valence-electron chi connectivity index (χ2n) is 7.56. The zero-order valence-corrected chi connectivity index (χ0v) is 26.1. The SMILES string of the molecule is CCOC(=O)COc1c2c(c(OCC(=O)OCC)c3c1SC(=C(C#N)C(=O)OCC)S3)SC(=C(C#N)C(=O)OCC)S2. The maximum absolute atomic E-state index is 12.5. The second kappa shape index (κ2) is 15.7. The van der Waals surface area contributed by atoms with E-state index in [0.29, 0.717) is 19.6 Å². The molecule has 0 N–H and O–H groups in total. The Morgan fingerprint density at radius 3 is 1.14 bits per heavy atom. The van der Waals surface area contributed by atoms with Crippen LogP contribution in [0.5, 0.6) is 11.5 Å². The molecule has 0 bridgehead atoms. The minimum Gasteiger partial charge on any atom is -0.479 e. The van der Waals surface area contributed by atoms with Crippen LogP contribution in [-0.4, -0.2) is 63.5 Å². The van der Waals surface area contributed by atoms with E-state index in [1.165, 1.54) is 0 Å². The van der Waals surface area contributed by atoms with Gasteiger partial charge < -0.3 is 28.4 Å². The summed E-state index contributed by atoms with van der Waals surface area (Å²) in [5.74, 6) is -2.57. The second-order valence-corrected chi connectivity index (χ2v) is 12.2. The first kappa shape index (κ1) is 33.1. The summed E-state index contributed by atoms with van der Waals surface area (Å²) in [6, 6.07) is 3.75. The molecule has 0 aromatic heterocycles. The summed E-state index contributed by atoms with van der Waals surface area (Å²) < 4.78 is 32.5. The Labute approximate surface area is 258 Å². The van der Waals surface area contributed by atoms with Crippen molar-refractivity contribution in [2.45, 2.75) is 47.3 Å². The molecule has 16 heteroatoms. The van der Waals surface area contributed by atoms with Gasteiger partial charge in [0.25, 0.3) is 0 Å². The monoisotopic (exact) mass is 652 g/mol. The van der Waals surface area contributed by atoms with Gasteiger partial charge >= 0.3 is 23.9 Å². The number of esters is 4. The lowest BCUT2D eigenvalue weighted by atomic mass is 10.3.